The van der Waals surface area contributed by atoms with Gasteiger partial charge in [-0.15, -0.1) is 21.5 Å². The highest BCUT2D eigenvalue weighted by atomic mass is 32.1. The molecule has 1 aromatic carbocycles. The summed E-state index contributed by atoms with van der Waals surface area (Å²) < 4.78 is 0. The van der Waals surface area contributed by atoms with Crippen LogP contribution in [0.5, 0.6) is 0 Å². The fraction of sp³-hybridized carbons (Fsp3) is 0.118. The van der Waals surface area contributed by atoms with Crippen LogP contribution in [-0.4, -0.2) is 31.1 Å². The summed E-state index contributed by atoms with van der Waals surface area (Å²) in [6.07, 6.45) is 0.330. The first-order valence-electron chi connectivity index (χ1n) is 7.82. The summed E-state index contributed by atoms with van der Waals surface area (Å²) >= 11 is 2.90. The highest BCUT2D eigenvalue weighted by molar-refractivity contribution is 7.19. The second-order valence-electron chi connectivity index (χ2n) is 5.47. The van der Waals surface area contributed by atoms with Gasteiger partial charge in [-0.05, 0) is 16.7 Å². The van der Waals surface area contributed by atoms with Crippen LogP contribution < -0.4 is 5.32 Å². The Kier molecular flexibility index (Phi) is 4.55. The Labute approximate surface area is 157 Å². The van der Waals surface area contributed by atoms with Gasteiger partial charge in [0.15, 0.2) is 5.13 Å². The fourth-order valence-electron chi connectivity index (χ4n) is 2.43. The minimum Gasteiger partial charge on any atom is -0.302 e. The number of hydrogen-bond acceptors (Lipinski definition) is 7. The van der Waals surface area contributed by atoms with E-state index in [1.165, 1.54) is 16.1 Å². The van der Waals surface area contributed by atoms with E-state index >= 15 is 0 Å². The van der Waals surface area contributed by atoms with Crippen molar-refractivity contribution in [2.75, 3.05) is 5.32 Å². The molecule has 0 aliphatic rings. The molecular weight excluding hydrogens is 368 g/mol. The molecule has 3 heterocycles. The number of benzene rings is 1. The number of amides is 1. The average Bonchev–Trinajstić information content (AvgIpc) is 3.37. The van der Waals surface area contributed by atoms with Crippen molar-refractivity contribution in [3.63, 3.8) is 0 Å². The molecule has 130 valence electrons. The van der Waals surface area contributed by atoms with Gasteiger partial charge >= 0.3 is 0 Å². The number of thiazole rings is 1. The maximum absolute atomic E-state index is 12.3. The van der Waals surface area contributed by atoms with Crippen LogP contribution in [0.1, 0.15) is 4.88 Å². The SMILES string of the molecule is Cn1nnc(-c2sc(NC(=O)Cc3cccs3)nc2-c2ccccc2)n1. The summed E-state index contributed by atoms with van der Waals surface area (Å²) in [6, 6.07) is 13.6. The van der Waals surface area contributed by atoms with E-state index in [1.54, 1.807) is 18.4 Å². The number of nitrogens with one attached hydrogen (secondary N) is 1. The van der Waals surface area contributed by atoms with Crippen molar-refractivity contribution in [1.29, 1.82) is 0 Å². The summed E-state index contributed by atoms with van der Waals surface area (Å²) in [6.45, 7) is 0. The quantitative estimate of drug-likeness (QED) is 0.573. The lowest BCUT2D eigenvalue weighted by Crippen LogP contribution is -2.13. The number of tetrazole rings is 1. The van der Waals surface area contributed by atoms with Crippen LogP contribution in [0.4, 0.5) is 5.13 Å². The molecule has 0 spiro atoms. The molecule has 0 unspecified atom stereocenters. The lowest BCUT2D eigenvalue weighted by molar-refractivity contribution is -0.115. The van der Waals surface area contributed by atoms with E-state index in [-0.39, 0.29) is 5.91 Å². The van der Waals surface area contributed by atoms with Gasteiger partial charge in [0.1, 0.15) is 4.88 Å². The Hall–Kier alpha value is -2.91. The molecule has 3 aromatic heterocycles. The maximum Gasteiger partial charge on any atom is 0.231 e. The molecule has 0 saturated heterocycles. The van der Waals surface area contributed by atoms with Crippen molar-refractivity contribution in [1.82, 2.24) is 25.2 Å². The molecule has 0 aliphatic carbocycles. The van der Waals surface area contributed by atoms with Gasteiger partial charge in [0.25, 0.3) is 0 Å². The molecule has 26 heavy (non-hydrogen) atoms. The van der Waals surface area contributed by atoms with E-state index < -0.39 is 0 Å². The van der Waals surface area contributed by atoms with Gasteiger partial charge in [-0.3, -0.25) is 4.79 Å². The number of thiophene rings is 1. The minimum atomic E-state index is -0.0977. The third kappa shape index (κ3) is 3.53. The Bertz CT molecular complexity index is 1020. The molecule has 9 heteroatoms. The van der Waals surface area contributed by atoms with E-state index in [0.717, 1.165) is 21.0 Å². The van der Waals surface area contributed by atoms with Crippen molar-refractivity contribution in [2.45, 2.75) is 6.42 Å². The molecule has 0 bridgehead atoms. The van der Waals surface area contributed by atoms with E-state index in [4.69, 9.17) is 0 Å². The lowest BCUT2D eigenvalue weighted by Gasteiger charge is -1.99. The average molecular weight is 382 g/mol. The zero-order valence-electron chi connectivity index (χ0n) is 13.8. The Morgan fingerprint density at radius 3 is 2.73 bits per heavy atom. The zero-order chi connectivity index (χ0) is 17.9. The summed E-state index contributed by atoms with van der Waals surface area (Å²) in [5, 5.41) is 17.6. The number of carbonyl (C=O) groups excluding carboxylic acids is 1. The van der Waals surface area contributed by atoms with E-state index in [1.807, 2.05) is 47.8 Å². The largest absolute Gasteiger partial charge is 0.302 e. The minimum absolute atomic E-state index is 0.0977. The highest BCUT2D eigenvalue weighted by Gasteiger charge is 2.19. The van der Waals surface area contributed by atoms with Gasteiger partial charge in [0.05, 0.1) is 19.2 Å². The lowest BCUT2D eigenvalue weighted by atomic mass is 10.1. The monoisotopic (exact) mass is 382 g/mol. The first kappa shape index (κ1) is 16.6. The molecule has 0 aliphatic heterocycles. The van der Waals surface area contributed by atoms with Crippen LogP contribution in [0, 0.1) is 0 Å². The Balaban J connectivity index is 1.66. The van der Waals surface area contributed by atoms with Gasteiger partial charge in [-0.1, -0.05) is 47.7 Å². The van der Waals surface area contributed by atoms with Gasteiger partial charge in [-0.2, -0.15) is 4.80 Å². The van der Waals surface area contributed by atoms with Crippen molar-refractivity contribution in [3.05, 3.63) is 52.7 Å². The number of rotatable bonds is 5. The molecule has 0 saturated carbocycles. The van der Waals surface area contributed by atoms with Crippen molar-refractivity contribution < 1.29 is 4.79 Å². The van der Waals surface area contributed by atoms with Crippen molar-refractivity contribution in [2.24, 2.45) is 7.05 Å². The standard InChI is InChI=1S/C17H14N6OS2/c1-23-21-16(20-22-23)15-14(11-6-3-2-4-7-11)19-17(26-15)18-13(24)10-12-8-5-9-25-12/h2-9H,10H2,1H3,(H,18,19,24). The van der Waals surface area contributed by atoms with Crippen LogP contribution in [0.25, 0.3) is 22.0 Å². The predicted molar refractivity (Wildman–Crippen MR) is 102 cm³/mol. The Morgan fingerprint density at radius 1 is 1.19 bits per heavy atom. The Morgan fingerprint density at radius 2 is 2.04 bits per heavy atom. The number of aryl methyl sites for hydroxylation is 1. The van der Waals surface area contributed by atoms with Crippen LogP contribution in [-0.2, 0) is 18.3 Å². The normalized spacial score (nSPS) is 10.8. The van der Waals surface area contributed by atoms with Gasteiger partial charge in [0, 0.05) is 10.4 Å². The summed E-state index contributed by atoms with van der Waals surface area (Å²) in [5.41, 5.74) is 1.67. The van der Waals surface area contributed by atoms with Gasteiger partial charge < -0.3 is 5.32 Å². The molecule has 1 amide bonds. The number of nitrogens with zero attached hydrogens (tertiary/aromatic N) is 5. The topological polar surface area (TPSA) is 85.6 Å². The number of aromatic nitrogens is 5. The van der Waals surface area contributed by atoms with Crippen LogP contribution >= 0.6 is 22.7 Å². The second-order valence-corrected chi connectivity index (χ2v) is 7.50. The summed E-state index contributed by atoms with van der Waals surface area (Å²) in [4.78, 5) is 20.1. The second kappa shape index (κ2) is 7.14. The molecule has 4 aromatic rings. The van der Waals surface area contributed by atoms with Gasteiger partial charge in [0.2, 0.25) is 11.7 Å². The van der Waals surface area contributed by atoms with E-state index in [2.05, 4.69) is 25.7 Å². The zero-order valence-corrected chi connectivity index (χ0v) is 15.4. The molecule has 0 radical (unpaired) electrons. The number of anilines is 1. The van der Waals surface area contributed by atoms with Crippen LogP contribution in [0.15, 0.2) is 47.8 Å². The van der Waals surface area contributed by atoms with Gasteiger partial charge in [-0.25, -0.2) is 4.98 Å². The molecule has 4 rings (SSSR count). The first-order valence-corrected chi connectivity index (χ1v) is 9.51. The molecule has 0 fully saturated rings. The van der Waals surface area contributed by atoms with Crippen LogP contribution in [0.2, 0.25) is 0 Å². The third-order valence-electron chi connectivity index (χ3n) is 3.55. The third-order valence-corrected chi connectivity index (χ3v) is 5.39. The molecule has 7 nitrogen and oxygen atoms in total. The molecule has 1 N–H and O–H groups in total. The number of carbonyl (C=O) groups is 1. The molecular formula is C17H14N6OS2. The van der Waals surface area contributed by atoms with E-state index in [0.29, 0.717) is 17.4 Å². The predicted octanol–water partition coefficient (Wildman–Crippen LogP) is 3.24. The van der Waals surface area contributed by atoms with Crippen LogP contribution in [0.3, 0.4) is 0 Å². The maximum atomic E-state index is 12.3. The highest BCUT2D eigenvalue weighted by Crippen LogP contribution is 2.37. The van der Waals surface area contributed by atoms with E-state index in [9.17, 15) is 4.79 Å². The number of hydrogen-bond donors (Lipinski definition) is 1. The summed E-state index contributed by atoms with van der Waals surface area (Å²) in [7, 11) is 1.71. The van der Waals surface area contributed by atoms with Crippen molar-refractivity contribution >= 4 is 33.7 Å². The summed E-state index contributed by atoms with van der Waals surface area (Å²) in [5.74, 6) is 0.391. The van der Waals surface area contributed by atoms with Crippen molar-refractivity contribution in [3.8, 4) is 22.0 Å². The fourth-order valence-corrected chi connectivity index (χ4v) is 4.06. The first-order chi connectivity index (χ1) is 12.7. The smallest absolute Gasteiger partial charge is 0.231 e. The molecule has 0 atom stereocenters.